The summed E-state index contributed by atoms with van der Waals surface area (Å²) in [5.74, 6) is 0.967. The molecule has 2 aliphatic rings. The van der Waals surface area contributed by atoms with Gasteiger partial charge in [-0.05, 0) is 37.6 Å². The molecule has 0 radical (unpaired) electrons. The number of benzene rings is 1. The van der Waals surface area contributed by atoms with Crippen molar-refractivity contribution in [1.29, 1.82) is 0 Å². The molecule has 2 atom stereocenters. The zero-order valence-electron chi connectivity index (χ0n) is 17.0. The second-order valence-corrected chi connectivity index (χ2v) is 8.64. The van der Waals surface area contributed by atoms with Crippen LogP contribution in [0.1, 0.15) is 18.5 Å². The molecule has 0 saturated carbocycles. The lowest BCUT2D eigenvalue weighted by molar-refractivity contribution is 0.337. The molecule has 30 heavy (non-hydrogen) atoms. The zero-order valence-corrected chi connectivity index (χ0v) is 17.8. The van der Waals surface area contributed by atoms with Gasteiger partial charge in [0.1, 0.15) is 17.7 Å². The fourth-order valence-electron chi connectivity index (χ4n) is 4.76. The summed E-state index contributed by atoms with van der Waals surface area (Å²) in [5, 5.41) is 8.38. The molecule has 0 spiro atoms. The van der Waals surface area contributed by atoms with E-state index < -0.39 is 0 Å². The van der Waals surface area contributed by atoms with E-state index in [0.717, 1.165) is 42.5 Å². The number of anilines is 2. The van der Waals surface area contributed by atoms with E-state index in [1.165, 1.54) is 4.57 Å². The molecule has 4 heterocycles. The molecule has 1 aromatic carbocycles. The summed E-state index contributed by atoms with van der Waals surface area (Å²) in [6.45, 7) is 2.08. The summed E-state index contributed by atoms with van der Waals surface area (Å²) >= 11 is 6.27. The third-order valence-corrected chi connectivity index (χ3v) is 6.69. The number of halogens is 1. The van der Waals surface area contributed by atoms with Crippen molar-refractivity contribution in [2.75, 3.05) is 30.4 Å². The number of nitrogens with zero attached hydrogens (tertiary/aromatic N) is 3. The number of piperidine rings is 1. The molecule has 8 nitrogen and oxygen atoms in total. The van der Waals surface area contributed by atoms with Gasteiger partial charge in [0.15, 0.2) is 0 Å². The molecular formula is C21H25ClN6O2. The number of H-pyrrole nitrogens is 1. The van der Waals surface area contributed by atoms with Crippen LogP contribution in [0.3, 0.4) is 0 Å². The third kappa shape index (κ3) is 2.94. The molecule has 3 aromatic rings. The van der Waals surface area contributed by atoms with Gasteiger partial charge in [-0.3, -0.25) is 13.9 Å². The summed E-state index contributed by atoms with van der Waals surface area (Å²) in [4.78, 5) is 31.7. The summed E-state index contributed by atoms with van der Waals surface area (Å²) in [5.41, 5.74) is 1.57. The largest absolute Gasteiger partial charge is 0.357 e. The number of nitrogens with one attached hydrogen (secondary N) is 3. The summed E-state index contributed by atoms with van der Waals surface area (Å²) in [7, 11) is 3.64. The Bertz CT molecular complexity index is 1240. The maximum atomic E-state index is 13.4. The van der Waals surface area contributed by atoms with Crippen LogP contribution < -0.4 is 26.8 Å². The summed E-state index contributed by atoms with van der Waals surface area (Å²) < 4.78 is 2.83. The van der Waals surface area contributed by atoms with E-state index in [2.05, 4.69) is 15.6 Å². The van der Waals surface area contributed by atoms with Gasteiger partial charge in [0.2, 0.25) is 0 Å². The van der Waals surface area contributed by atoms with Crippen molar-refractivity contribution in [2.45, 2.75) is 25.6 Å². The van der Waals surface area contributed by atoms with Gasteiger partial charge in [0.25, 0.3) is 5.56 Å². The number of hydrogen-bond acceptors (Lipinski definition) is 5. The summed E-state index contributed by atoms with van der Waals surface area (Å²) in [6, 6.07) is 7.51. The van der Waals surface area contributed by atoms with Gasteiger partial charge in [0.05, 0.1) is 6.54 Å². The first-order valence-corrected chi connectivity index (χ1v) is 10.6. The highest BCUT2D eigenvalue weighted by Gasteiger charge is 2.37. The van der Waals surface area contributed by atoms with E-state index in [-0.39, 0.29) is 24.0 Å². The maximum Gasteiger partial charge on any atom is 0.332 e. The van der Waals surface area contributed by atoms with Crippen LogP contribution in [-0.2, 0) is 13.6 Å². The van der Waals surface area contributed by atoms with Gasteiger partial charge < -0.3 is 20.5 Å². The molecular weight excluding hydrogens is 404 g/mol. The first kappa shape index (κ1) is 19.3. The number of fused-ring (bicyclic) bond motifs is 2. The van der Waals surface area contributed by atoms with Crippen LogP contribution in [0.15, 0.2) is 33.9 Å². The van der Waals surface area contributed by atoms with E-state index in [0.29, 0.717) is 22.4 Å². The molecule has 0 aliphatic carbocycles. The second-order valence-electron chi connectivity index (χ2n) is 8.23. The zero-order chi connectivity index (χ0) is 21.0. The molecule has 2 aromatic heterocycles. The first-order valence-electron chi connectivity index (χ1n) is 10.3. The monoisotopic (exact) mass is 428 g/mol. The number of hydrogen-bond donors (Lipinski definition) is 3. The highest BCUT2D eigenvalue weighted by molar-refractivity contribution is 6.35. The van der Waals surface area contributed by atoms with Crippen LogP contribution in [0.25, 0.3) is 10.9 Å². The highest BCUT2D eigenvalue weighted by Crippen LogP contribution is 2.33. The Balaban J connectivity index is 1.54. The molecule has 158 valence electrons. The van der Waals surface area contributed by atoms with Gasteiger partial charge in [-0.2, -0.15) is 0 Å². The van der Waals surface area contributed by atoms with Crippen molar-refractivity contribution in [3.63, 3.8) is 0 Å². The topological polar surface area (TPSA) is 87.1 Å². The van der Waals surface area contributed by atoms with E-state index in [1.54, 1.807) is 11.6 Å². The maximum absolute atomic E-state index is 13.4. The Hall–Kier alpha value is -2.71. The molecule has 3 N–H and O–H groups in total. The van der Waals surface area contributed by atoms with Crippen molar-refractivity contribution in [2.24, 2.45) is 13.0 Å². The lowest BCUT2D eigenvalue weighted by Gasteiger charge is -2.32. The molecule has 1 saturated heterocycles. The van der Waals surface area contributed by atoms with Gasteiger partial charge in [0, 0.05) is 48.2 Å². The Morgan fingerprint density at radius 1 is 1.23 bits per heavy atom. The molecule has 0 bridgehead atoms. The van der Waals surface area contributed by atoms with Crippen molar-refractivity contribution in [3.8, 4) is 0 Å². The third-order valence-electron chi connectivity index (χ3n) is 6.36. The molecule has 1 fully saturated rings. The van der Waals surface area contributed by atoms with E-state index in [9.17, 15) is 9.59 Å². The molecule has 2 aliphatic heterocycles. The van der Waals surface area contributed by atoms with Crippen molar-refractivity contribution in [3.05, 3.63) is 55.8 Å². The lowest BCUT2D eigenvalue weighted by Crippen LogP contribution is -2.47. The van der Waals surface area contributed by atoms with Crippen molar-refractivity contribution < 1.29 is 0 Å². The van der Waals surface area contributed by atoms with E-state index in [4.69, 9.17) is 11.6 Å². The van der Waals surface area contributed by atoms with Crippen LogP contribution in [0.4, 0.5) is 11.5 Å². The second kappa shape index (κ2) is 7.21. The lowest BCUT2D eigenvalue weighted by atomic mass is 9.96. The Morgan fingerprint density at radius 2 is 2.07 bits per heavy atom. The van der Waals surface area contributed by atoms with Crippen LogP contribution in [-0.4, -0.2) is 40.4 Å². The number of aromatic nitrogens is 3. The molecule has 0 amide bonds. The van der Waals surface area contributed by atoms with Crippen LogP contribution >= 0.6 is 11.6 Å². The van der Waals surface area contributed by atoms with E-state index in [1.807, 2.05) is 36.2 Å². The Morgan fingerprint density at radius 3 is 2.80 bits per heavy atom. The van der Waals surface area contributed by atoms with Crippen molar-refractivity contribution >= 4 is 34.0 Å². The van der Waals surface area contributed by atoms with Gasteiger partial charge in [-0.1, -0.05) is 17.7 Å². The highest BCUT2D eigenvalue weighted by atomic mass is 35.5. The normalized spacial score (nSPS) is 21.1. The Kier molecular flexibility index (Phi) is 4.63. The minimum absolute atomic E-state index is 0.00571. The Labute approximate surface area is 178 Å². The predicted octanol–water partition coefficient (Wildman–Crippen LogP) is 1.92. The van der Waals surface area contributed by atoms with Crippen LogP contribution in [0, 0.1) is 5.92 Å². The smallest absolute Gasteiger partial charge is 0.332 e. The summed E-state index contributed by atoms with van der Waals surface area (Å²) in [6.07, 6.45) is 2.19. The number of rotatable bonds is 3. The fourth-order valence-corrected chi connectivity index (χ4v) is 4.99. The predicted molar refractivity (Wildman–Crippen MR) is 120 cm³/mol. The quantitative estimate of drug-likeness (QED) is 0.593. The molecule has 5 rings (SSSR count). The van der Waals surface area contributed by atoms with Crippen LogP contribution in [0.2, 0.25) is 5.02 Å². The fraction of sp³-hybridized carbons (Fsp3) is 0.429. The average Bonchev–Trinajstić information content (AvgIpc) is 3.32. The minimum atomic E-state index is -0.341. The SMILES string of the molecule is CN1c2c(n(C)c(=O)n(Cc3cc4c(Cl)cccc4[nH]3)c2=O)NC1C1CCCNC1. The minimum Gasteiger partial charge on any atom is -0.357 e. The van der Waals surface area contributed by atoms with Gasteiger partial charge >= 0.3 is 5.69 Å². The van der Waals surface area contributed by atoms with Crippen molar-refractivity contribution in [1.82, 2.24) is 19.4 Å². The molecule has 2 unspecified atom stereocenters. The van der Waals surface area contributed by atoms with Gasteiger partial charge in [-0.15, -0.1) is 0 Å². The number of aromatic amines is 1. The van der Waals surface area contributed by atoms with Gasteiger partial charge in [-0.25, -0.2) is 4.79 Å². The van der Waals surface area contributed by atoms with Crippen LogP contribution in [0.5, 0.6) is 0 Å². The van der Waals surface area contributed by atoms with E-state index >= 15 is 0 Å². The average molecular weight is 429 g/mol. The standard InChI is InChI=1S/C21H25ClN6O2/c1-26-17-19(25-18(26)12-5-4-8-23-10-12)27(2)21(30)28(20(17)29)11-13-9-14-15(22)6-3-7-16(14)24-13/h3,6-7,9,12,18,23-25H,4-5,8,10-11H2,1-2H3. The molecule has 9 heteroatoms. The first-order chi connectivity index (χ1) is 14.5.